The fraction of sp³-hybridized carbons (Fsp3) is 0.464. The van der Waals surface area contributed by atoms with Crippen molar-refractivity contribution in [3.63, 3.8) is 0 Å². The SMILES string of the molecule is O=C(O)CCCOc1ccc(NCC(=O)N(CCc2ccccc2)NC(=O)CCC2CCCC2)cc1. The minimum Gasteiger partial charge on any atom is -0.494 e. The van der Waals surface area contributed by atoms with E-state index < -0.39 is 5.97 Å². The molecule has 1 saturated carbocycles. The molecular formula is C28H37N3O5. The third-order valence-corrected chi connectivity index (χ3v) is 6.38. The van der Waals surface area contributed by atoms with Crippen LogP contribution in [0.15, 0.2) is 54.6 Å². The summed E-state index contributed by atoms with van der Waals surface area (Å²) < 4.78 is 5.54. The first-order chi connectivity index (χ1) is 17.5. The van der Waals surface area contributed by atoms with Crippen LogP contribution in [-0.2, 0) is 20.8 Å². The van der Waals surface area contributed by atoms with Crippen LogP contribution in [0.25, 0.3) is 0 Å². The average molecular weight is 496 g/mol. The van der Waals surface area contributed by atoms with Crippen LogP contribution in [0.4, 0.5) is 5.69 Å². The van der Waals surface area contributed by atoms with Crippen LogP contribution in [-0.4, -0.2) is 47.6 Å². The number of rotatable bonds is 14. The van der Waals surface area contributed by atoms with Crippen LogP contribution in [0.1, 0.15) is 56.9 Å². The van der Waals surface area contributed by atoms with Gasteiger partial charge < -0.3 is 15.2 Å². The molecule has 1 aliphatic rings. The molecule has 0 atom stereocenters. The lowest BCUT2D eigenvalue weighted by molar-refractivity contribution is -0.140. The number of benzene rings is 2. The molecule has 8 nitrogen and oxygen atoms in total. The molecule has 3 N–H and O–H groups in total. The van der Waals surface area contributed by atoms with E-state index in [2.05, 4.69) is 10.7 Å². The van der Waals surface area contributed by atoms with Gasteiger partial charge in [0.1, 0.15) is 5.75 Å². The molecule has 2 amide bonds. The molecule has 8 heteroatoms. The second kappa shape index (κ2) is 14.8. The lowest BCUT2D eigenvalue weighted by Gasteiger charge is -2.24. The number of carboxylic acid groups (broad SMARTS) is 1. The largest absolute Gasteiger partial charge is 0.494 e. The second-order valence-electron chi connectivity index (χ2n) is 9.23. The minimum absolute atomic E-state index is 0.0382. The summed E-state index contributed by atoms with van der Waals surface area (Å²) in [5.74, 6) is 0.0822. The Morgan fingerprint density at radius 1 is 0.972 bits per heavy atom. The number of hydrogen-bond donors (Lipinski definition) is 3. The van der Waals surface area contributed by atoms with E-state index in [1.807, 2.05) is 30.3 Å². The number of carboxylic acids is 1. The van der Waals surface area contributed by atoms with Crippen LogP contribution in [0.5, 0.6) is 5.75 Å². The molecule has 0 aliphatic heterocycles. The molecule has 2 aromatic rings. The highest BCUT2D eigenvalue weighted by atomic mass is 16.5. The van der Waals surface area contributed by atoms with Crippen molar-refractivity contribution in [2.24, 2.45) is 5.92 Å². The van der Waals surface area contributed by atoms with Gasteiger partial charge in [-0.05, 0) is 55.0 Å². The summed E-state index contributed by atoms with van der Waals surface area (Å²) in [7, 11) is 0. The van der Waals surface area contributed by atoms with Crippen LogP contribution < -0.4 is 15.5 Å². The number of hydrazine groups is 1. The topological polar surface area (TPSA) is 108 Å². The monoisotopic (exact) mass is 495 g/mol. The predicted molar refractivity (Wildman–Crippen MR) is 138 cm³/mol. The van der Waals surface area contributed by atoms with E-state index in [1.165, 1.54) is 30.7 Å². The van der Waals surface area contributed by atoms with E-state index in [0.29, 0.717) is 44.1 Å². The Morgan fingerprint density at radius 2 is 1.69 bits per heavy atom. The highest BCUT2D eigenvalue weighted by Gasteiger charge is 2.19. The Morgan fingerprint density at radius 3 is 2.39 bits per heavy atom. The van der Waals surface area contributed by atoms with E-state index in [-0.39, 0.29) is 24.8 Å². The molecule has 0 radical (unpaired) electrons. The van der Waals surface area contributed by atoms with Gasteiger partial charge in [0.2, 0.25) is 5.91 Å². The standard InChI is InChI=1S/C28H37N3O5/c32-26(17-12-22-9-4-5-10-22)30-31(19-18-23-7-2-1-3-8-23)27(33)21-29-24-13-15-25(16-14-24)36-20-6-11-28(34)35/h1-3,7-8,13-16,22,29H,4-6,9-12,17-21H2,(H,30,32)(H,34,35). The predicted octanol–water partition coefficient (Wildman–Crippen LogP) is 4.42. The van der Waals surface area contributed by atoms with Gasteiger partial charge in [0.25, 0.3) is 5.91 Å². The summed E-state index contributed by atoms with van der Waals surface area (Å²) >= 11 is 0. The van der Waals surface area contributed by atoms with Crippen molar-refractivity contribution in [1.82, 2.24) is 10.4 Å². The number of nitrogens with one attached hydrogen (secondary N) is 2. The Kier molecular flexibility index (Phi) is 11.1. The lowest BCUT2D eigenvalue weighted by Crippen LogP contribution is -2.49. The molecule has 1 aliphatic carbocycles. The van der Waals surface area contributed by atoms with E-state index in [0.717, 1.165) is 17.7 Å². The summed E-state index contributed by atoms with van der Waals surface area (Å²) in [6.07, 6.45) is 7.34. The zero-order valence-corrected chi connectivity index (χ0v) is 20.8. The van der Waals surface area contributed by atoms with E-state index in [9.17, 15) is 14.4 Å². The number of nitrogens with zero attached hydrogens (tertiary/aromatic N) is 1. The molecule has 0 bridgehead atoms. The Balaban J connectivity index is 1.49. The quantitative estimate of drug-likeness (QED) is 0.265. The van der Waals surface area contributed by atoms with E-state index in [1.54, 1.807) is 24.3 Å². The summed E-state index contributed by atoms with van der Waals surface area (Å²) in [6, 6.07) is 17.0. The molecule has 1 fully saturated rings. The number of amides is 2. The van der Waals surface area contributed by atoms with Gasteiger partial charge in [-0.2, -0.15) is 0 Å². The van der Waals surface area contributed by atoms with Gasteiger partial charge in [0.15, 0.2) is 0 Å². The molecule has 36 heavy (non-hydrogen) atoms. The maximum Gasteiger partial charge on any atom is 0.303 e. The van der Waals surface area contributed by atoms with Crippen molar-refractivity contribution >= 4 is 23.5 Å². The highest BCUT2D eigenvalue weighted by Crippen LogP contribution is 2.28. The number of anilines is 1. The third-order valence-electron chi connectivity index (χ3n) is 6.38. The Hall–Kier alpha value is -3.55. The smallest absolute Gasteiger partial charge is 0.303 e. The molecule has 0 spiro atoms. The van der Waals surface area contributed by atoms with Crippen molar-refractivity contribution in [2.45, 2.75) is 57.8 Å². The van der Waals surface area contributed by atoms with E-state index in [4.69, 9.17) is 9.84 Å². The average Bonchev–Trinajstić information content (AvgIpc) is 3.41. The molecule has 2 aromatic carbocycles. The molecule has 0 saturated heterocycles. The van der Waals surface area contributed by atoms with Crippen LogP contribution >= 0.6 is 0 Å². The second-order valence-corrected chi connectivity index (χ2v) is 9.23. The number of hydrogen-bond acceptors (Lipinski definition) is 5. The van der Waals surface area contributed by atoms with Crippen molar-refractivity contribution < 1.29 is 24.2 Å². The maximum atomic E-state index is 13.0. The van der Waals surface area contributed by atoms with Crippen molar-refractivity contribution in [2.75, 3.05) is 25.0 Å². The van der Waals surface area contributed by atoms with Crippen LogP contribution in [0, 0.1) is 5.92 Å². The Labute approximate surface area is 213 Å². The van der Waals surface area contributed by atoms with Gasteiger partial charge in [-0.3, -0.25) is 24.8 Å². The fourth-order valence-electron chi connectivity index (χ4n) is 4.32. The van der Waals surface area contributed by atoms with Gasteiger partial charge in [-0.1, -0.05) is 56.0 Å². The molecule has 0 aromatic heterocycles. The fourth-order valence-corrected chi connectivity index (χ4v) is 4.32. The zero-order valence-electron chi connectivity index (χ0n) is 20.8. The van der Waals surface area contributed by atoms with Crippen LogP contribution in [0.3, 0.4) is 0 Å². The number of ether oxygens (including phenoxy) is 1. The van der Waals surface area contributed by atoms with Crippen molar-refractivity contribution in [3.8, 4) is 5.75 Å². The molecule has 194 valence electrons. The lowest BCUT2D eigenvalue weighted by atomic mass is 10.0. The molecule has 0 heterocycles. The maximum absolute atomic E-state index is 13.0. The van der Waals surface area contributed by atoms with Gasteiger partial charge in [0.05, 0.1) is 13.2 Å². The summed E-state index contributed by atoms with van der Waals surface area (Å²) in [5.41, 5.74) is 4.68. The normalized spacial score (nSPS) is 13.2. The number of aliphatic carboxylic acids is 1. The van der Waals surface area contributed by atoms with Gasteiger partial charge in [-0.25, -0.2) is 0 Å². The Bertz CT molecular complexity index is 959. The van der Waals surface area contributed by atoms with Crippen LogP contribution in [0.2, 0.25) is 0 Å². The zero-order chi connectivity index (χ0) is 25.6. The van der Waals surface area contributed by atoms with Gasteiger partial charge in [0, 0.05) is 25.1 Å². The van der Waals surface area contributed by atoms with Gasteiger partial charge >= 0.3 is 5.97 Å². The molecular weight excluding hydrogens is 458 g/mol. The summed E-state index contributed by atoms with van der Waals surface area (Å²) in [4.78, 5) is 36.2. The van der Waals surface area contributed by atoms with Crippen molar-refractivity contribution in [3.05, 3.63) is 60.2 Å². The first kappa shape index (κ1) is 27.0. The number of carbonyl (C=O) groups is 3. The van der Waals surface area contributed by atoms with Gasteiger partial charge in [-0.15, -0.1) is 0 Å². The minimum atomic E-state index is -0.842. The molecule has 3 rings (SSSR count). The van der Waals surface area contributed by atoms with E-state index >= 15 is 0 Å². The summed E-state index contributed by atoms with van der Waals surface area (Å²) in [5, 5.41) is 13.2. The number of carbonyl (C=O) groups excluding carboxylic acids is 2. The van der Waals surface area contributed by atoms with Crippen molar-refractivity contribution in [1.29, 1.82) is 0 Å². The highest BCUT2D eigenvalue weighted by molar-refractivity contribution is 5.84. The first-order valence-electron chi connectivity index (χ1n) is 12.8. The first-order valence-corrected chi connectivity index (χ1v) is 12.8. The summed E-state index contributed by atoms with van der Waals surface area (Å²) in [6.45, 7) is 0.758. The molecule has 0 unspecified atom stereocenters. The third kappa shape index (κ3) is 9.98.